The number of rotatable bonds is 0. The van der Waals surface area contributed by atoms with E-state index in [4.69, 9.17) is 11.6 Å². The third-order valence-electron chi connectivity index (χ3n) is 2.52. The Labute approximate surface area is 86.3 Å². The van der Waals surface area contributed by atoms with E-state index in [9.17, 15) is 0 Å². The van der Waals surface area contributed by atoms with E-state index >= 15 is 0 Å². The van der Waals surface area contributed by atoms with Crippen LogP contribution in [0.1, 0.15) is 5.56 Å². The van der Waals surface area contributed by atoms with E-state index in [1.165, 1.54) is 5.56 Å². The van der Waals surface area contributed by atoms with Crippen LogP contribution in [-0.2, 0) is 13.0 Å². The van der Waals surface area contributed by atoms with Crippen molar-refractivity contribution in [3.8, 4) is 11.4 Å². The molecule has 0 N–H and O–H groups in total. The third-order valence-corrected chi connectivity index (χ3v) is 2.76. The summed E-state index contributed by atoms with van der Waals surface area (Å²) < 4.78 is 1.92. The molecule has 14 heavy (non-hydrogen) atoms. The second-order valence-electron chi connectivity index (χ2n) is 3.36. The summed E-state index contributed by atoms with van der Waals surface area (Å²) in [6.07, 6.45) is 2.59. The highest BCUT2D eigenvalue weighted by Crippen LogP contribution is 2.29. The summed E-state index contributed by atoms with van der Waals surface area (Å²) in [6, 6.07) is 5.94. The summed E-state index contributed by atoms with van der Waals surface area (Å²) in [6.45, 7) is 0.907. The normalized spacial score (nSPS) is 13.5. The number of hydrogen-bond donors (Lipinski definition) is 0. The Balaban J connectivity index is 2.28. The highest BCUT2D eigenvalue weighted by atomic mass is 35.5. The molecule has 1 aromatic heterocycles. The molecule has 0 unspecified atom stereocenters. The lowest BCUT2D eigenvalue weighted by atomic mass is 10.0. The van der Waals surface area contributed by atoms with Crippen molar-refractivity contribution in [2.24, 2.45) is 0 Å². The molecule has 0 aliphatic carbocycles. The smallest absolute Gasteiger partial charge is 0.158 e. The van der Waals surface area contributed by atoms with Gasteiger partial charge in [0.25, 0.3) is 0 Å². The van der Waals surface area contributed by atoms with Crippen molar-refractivity contribution in [2.75, 3.05) is 0 Å². The number of benzene rings is 1. The standard InChI is InChI=1S/C10H8ClN3/c11-8-2-1-7-3-4-14-10(9(7)5-8)12-6-13-14/h1-2,5-6H,3-4H2. The van der Waals surface area contributed by atoms with Crippen LogP contribution in [0.3, 0.4) is 0 Å². The Hall–Kier alpha value is -1.35. The maximum Gasteiger partial charge on any atom is 0.158 e. The molecule has 0 amide bonds. The lowest BCUT2D eigenvalue weighted by Crippen LogP contribution is -2.12. The zero-order valence-electron chi connectivity index (χ0n) is 7.44. The molecule has 0 saturated carbocycles. The van der Waals surface area contributed by atoms with Crippen molar-refractivity contribution in [3.05, 3.63) is 35.1 Å². The van der Waals surface area contributed by atoms with Gasteiger partial charge < -0.3 is 0 Å². The fraction of sp³-hybridized carbons (Fsp3) is 0.200. The highest BCUT2D eigenvalue weighted by molar-refractivity contribution is 6.30. The largest absolute Gasteiger partial charge is 0.245 e. The topological polar surface area (TPSA) is 30.7 Å². The van der Waals surface area contributed by atoms with E-state index < -0.39 is 0 Å². The van der Waals surface area contributed by atoms with E-state index in [0.29, 0.717) is 0 Å². The minimum absolute atomic E-state index is 0.750. The number of aromatic nitrogens is 3. The zero-order valence-corrected chi connectivity index (χ0v) is 8.20. The van der Waals surface area contributed by atoms with Crippen molar-refractivity contribution in [1.82, 2.24) is 14.8 Å². The molecule has 3 nitrogen and oxygen atoms in total. The predicted molar refractivity (Wildman–Crippen MR) is 54.2 cm³/mol. The van der Waals surface area contributed by atoms with Gasteiger partial charge in [0, 0.05) is 17.1 Å². The van der Waals surface area contributed by atoms with E-state index in [-0.39, 0.29) is 0 Å². The van der Waals surface area contributed by atoms with Gasteiger partial charge in [0.15, 0.2) is 5.82 Å². The van der Waals surface area contributed by atoms with E-state index in [2.05, 4.69) is 16.1 Å². The second kappa shape index (κ2) is 2.82. The Morgan fingerprint density at radius 2 is 2.29 bits per heavy atom. The molecule has 3 rings (SSSR count). The van der Waals surface area contributed by atoms with Gasteiger partial charge in [0.1, 0.15) is 6.33 Å². The van der Waals surface area contributed by atoms with Gasteiger partial charge >= 0.3 is 0 Å². The molecular formula is C10H8ClN3. The fourth-order valence-corrected chi connectivity index (χ4v) is 2.01. The number of halogens is 1. The van der Waals surface area contributed by atoms with Crippen LogP contribution in [0.25, 0.3) is 11.4 Å². The first-order chi connectivity index (χ1) is 6.84. The molecule has 1 aromatic carbocycles. The minimum Gasteiger partial charge on any atom is -0.245 e. The molecule has 0 bridgehead atoms. The Kier molecular flexibility index (Phi) is 1.61. The molecule has 2 heterocycles. The fourth-order valence-electron chi connectivity index (χ4n) is 1.84. The molecular weight excluding hydrogens is 198 g/mol. The van der Waals surface area contributed by atoms with E-state index in [1.807, 2.05) is 16.8 Å². The molecule has 1 aliphatic rings. The molecule has 0 fully saturated rings. The van der Waals surface area contributed by atoms with Crippen LogP contribution in [0.15, 0.2) is 24.5 Å². The SMILES string of the molecule is Clc1ccc2c(c1)-c1ncnn1CC2. The maximum absolute atomic E-state index is 5.95. The summed E-state index contributed by atoms with van der Waals surface area (Å²) in [4.78, 5) is 4.23. The third kappa shape index (κ3) is 1.06. The molecule has 70 valence electrons. The van der Waals surface area contributed by atoms with Crippen LogP contribution < -0.4 is 0 Å². The van der Waals surface area contributed by atoms with Crippen molar-refractivity contribution in [3.63, 3.8) is 0 Å². The minimum atomic E-state index is 0.750. The highest BCUT2D eigenvalue weighted by Gasteiger charge is 2.17. The van der Waals surface area contributed by atoms with Crippen LogP contribution in [0.4, 0.5) is 0 Å². The van der Waals surface area contributed by atoms with Gasteiger partial charge in [-0.05, 0) is 24.1 Å². The van der Waals surface area contributed by atoms with Crippen LogP contribution in [0.2, 0.25) is 5.02 Å². The van der Waals surface area contributed by atoms with Gasteiger partial charge in [0.05, 0.1) is 0 Å². The number of nitrogens with zero attached hydrogens (tertiary/aromatic N) is 3. The first-order valence-corrected chi connectivity index (χ1v) is 4.89. The van der Waals surface area contributed by atoms with Crippen molar-refractivity contribution < 1.29 is 0 Å². The lowest BCUT2D eigenvalue weighted by molar-refractivity contribution is 0.605. The van der Waals surface area contributed by atoms with Crippen LogP contribution in [0.5, 0.6) is 0 Å². The summed E-state index contributed by atoms with van der Waals surface area (Å²) in [7, 11) is 0. The predicted octanol–water partition coefficient (Wildman–Crippen LogP) is 2.15. The molecule has 0 saturated heterocycles. The van der Waals surface area contributed by atoms with Gasteiger partial charge in [0.2, 0.25) is 0 Å². The molecule has 4 heteroatoms. The van der Waals surface area contributed by atoms with Gasteiger partial charge in [-0.1, -0.05) is 17.7 Å². The first kappa shape index (κ1) is 8.00. The Morgan fingerprint density at radius 3 is 3.21 bits per heavy atom. The maximum atomic E-state index is 5.95. The molecule has 0 spiro atoms. The van der Waals surface area contributed by atoms with E-state index in [1.54, 1.807) is 6.33 Å². The first-order valence-electron chi connectivity index (χ1n) is 4.51. The molecule has 0 atom stereocenters. The molecule has 0 radical (unpaired) electrons. The van der Waals surface area contributed by atoms with Gasteiger partial charge in [-0.2, -0.15) is 5.10 Å². The van der Waals surface area contributed by atoms with Crippen LogP contribution in [-0.4, -0.2) is 14.8 Å². The van der Waals surface area contributed by atoms with Gasteiger partial charge in [-0.15, -0.1) is 0 Å². The number of aryl methyl sites for hydroxylation is 2. The monoisotopic (exact) mass is 205 g/mol. The van der Waals surface area contributed by atoms with Crippen molar-refractivity contribution in [1.29, 1.82) is 0 Å². The van der Waals surface area contributed by atoms with Crippen LogP contribution in [0, 0.1) is 0 Å². The average molecular weight is 206 g/mol. The van der Waals surface area contributed by atoms with Crippen molar-refractivity contribution in [2.45, 2.75) is 13.0 Å². The summed E-state index contributed by atoms with van der Waals surface area (Å²) in [5, 5.41) is 4.90. The summed E-state index contributed by atoms with van der Waals surface area (Å²) in [5.74, 6) is 0.925. The Bertz CT molecular complexity index is 490. The molecule has 1 aliphatic heterocycles. The Morgan fingerprint density at radius 1 is 1.36 bits per heavy atom. The van der Waals surface area contributed by atoms with E-state index in [0.717, 1.165) is 29.4 Å². The molecule has 2 aromatic rings. The average Bonchev–Trinajstić information content (AvgIpc) is 2.65. The summed E-state index contributed by atoms with van der Waals surface area (Å²) in [5.41, 5.74) is 2.41. The van der Waals surface area contributed by atoms with Crippen molar-refractivity contribution >= 4 is 11.6 Å². The van der Waals surface area contributed by atoms with Gasteiger partial charge in [-0.3, -0.25) is 0 Å². The number of hydrogen-bond acceptors (Lipinski definition) is 2. The summed E-state index contributed by atoms with van der Waals surface area (Å²) >= 11 is 5.95. The number of fused-ring (bicyclic) bond motifs is 3. The quantitative estimate of drug-likeness (QED) is 0.660. The zero-order chi connectivity index (χ0) is 9.54. The second-order valence-corrected chi connectivity index (χ2v) is 3.79. The van der Waals surface area contributed by atoms with Gasteiger partial charge in [-0.25, -0.2) is 9.67 Å². The van der Waals surface area contributed by atoms with Crippen LogP contribution >= 0.6 is 11.6 Å². The lowest BCUT2D eigenvalue weighted by Gasteiger charge is -2.16.